The van der Waals surface area contributed by atoms with Gasteiger partial charge in [-0.2, -0.15) is 0 Å². The average molecular weight is 313 g/mol. The van der Waals surface area contributed by atoms with Crippen molar-refractivity contribution in [3.8, 4) is 0 Å². The Morgan fingerprint density at radius 1 is 0.905 bits per heavy atom. The zero-order valence-corrected chi connectivity index (χ0v) is 16.6. The van der Waals surface area contributed by atoms with E-state index >= 15 is 0 Å². The Kier molecular flexibility index (Phi) is 5.51. The Morgan fingerprint density at radius 2 is 1.48 bits per heavy atom. The molecule has 0 aromatic heterocycles. The molecule has 1 heteroatoms. The third kappa shape index (κ3) is 4.25. The summed E-state index contributed by atoms with van der Waals surface area (Å²) in [6.45, 7) is 14.1. The molecule has 2 aliphatic rings. The van der Waals surface area contributed by atoms with Crippen molar-refractivity contribution in [2.75, 3.05) is 25.7 Å². The molecular formula is C20H41P. The zero-order valence-electron chi connectivity index (χ0n) is 15.7. The van der Waals surface area contributed by atoms with Crippen molar-refractivity contribution < 1.29 is 0 Å². The average Bonchev–Trinajstić information content (AvgIpc) is 3.36. The Hall–Kier alpha value is 0.430. The maximum atomic E-state index is 2.73. The van der Waals surface area contributed by atoms with Gasteiger partial charge < -0.3 is 0 Å². The molecule has 0 spiro atoms. The molecule has 1 heterocycles. The van der Waals surface area contributed by atoms with Gasteiger partial charge in [-0.05, 0) is 0 Å². The molecule has 0 nitrogen and oxygen atoms in total. The van der Waals surface area contributed by atoms with E-state index in [1.165, 1.54) is 25.7 Å². The molecule has 1 saturated heterocycles. The van der Waals surface area contributed by atoms with E-state index in [0.717, 1.165) is 29.3 Å². The Bertz CT molecular complexity index is 330. The van der Waals surface area contributed by atoms with Gasteiger partial charge in [-0.3, -0.25) is 0 Å². The van der Waals surface area contributed by atoms with Gasteiger partial charge in [0.05, 0.1) is 0 Å². The minimum atomic E-state index is -1.19. The van der Waals surface area contributed by atoms with Crippen LogP contribution in [0, 0.1) is 23.7 Å². The van der Waals surface area contributed by atoms with Crippen molar-refractivity contribution in [2.45, 2.75) is 78.3 Å². The molecule has 1 aliphatic heterocycles. The van der Waals surface area contributed by atoms with Gasteiger partial charge in [0, 0.05) is 0 Å². The van der Waals surface area contributed by atoms with Crippen LogP contribution in [0.25, 0.3) is 0 Å². The van der Waals surface area contributed by atoms with Gasteiger partial charge in [-0.15, -0.1) is 0 Å². The van der Waals surface area contributed by atoms with Crippen molar-refractivity contribution in [3.05, 3.63) is 0 Å². The molecule has 0 radical (unpaired) electrons. The second kappa shape index (κ2) is 6.51. The van der Waals surface area contributed by atoms with Crippen molar-refractivity contribution in [3.63, 3.8) is 0 Å². The van der Waals surface area contributed by atoms with Crippen LogP contribution in [0.1, 0.15) is 72.6 Å². The molecule has 0 N–H and O–H groups in total. The molecule has 126 valence electrons. The van der Waals surface area contributed by atoms with Crippen LogP contribution in [0.3, 0.4) is 0 Å². The topological polar surface area (TPSA) is 0 Å². The van der Waals surface area contributed by atoms with Gasteiger partial charge in [-0.25, -0.2) is 0 Å². The van der Waals surface area contributed by atoms with Crippen molar-refractivity contribution in [1.82, 2.24) is 0 Å². The van der Waals surface area contributed by atoms with Crippen LogP contribution < -0.4 is 0 Å². The van der Waals surface area contributed by atoms with Crippen LogP contribution in [0.5, 0.6) is 0 Å². The molecule has 0 amide bonds. The molecule has 3 unspecified atom stereocenters. The van der Waals surface area contributed by atoms with Crippen LogP contribution in [0.15, 0.2) is 0 Å². The second-order valence-corrected chi connectivity index (χ2v) is 16.7. The summed E-state index contributed by atoms with van der Waals surface area (Å²) in [5.74, 6) is 4.05. The Morgan fingerprint density at radius 3 is 1.86 bits per heavy atom. The predicted octanol–water partition coefficient (Wildman–Crippen LogP) is 6.47. The quantitative estimate of drug-likeness (QED) is 0.405. The molecule has 2 fully saturated rings. The molecule has 0 bridgehead atoms. The van der Waals surface area contributed by atoms with E-state index in [9.17, 15) is 0 Å². The van der Waals surface area contributed by atoms with Gasteiger partial charge in [0.15, 0.2) is 0 Å². The van der Waals surface area contributed by atoms with Crippen LogP contribution in [0.4, 0.5) is 0 Å². The van der Waals surface area contributed by atoms with Crippen LogP contribution in [-0.4, -0.2) is 31.3 Å². The summed E-state index contributed by atoms with van der Waals surface area (Å²) in [6.07, 6.45) is 13.6. The summed E-state index contributed by atoms with van der Waals surface area (Å²) in [7, 11) is 0. The third-order valence-corrected chi connectivity index (χ3v) is 13.1. The molecule has 1 aliphatic carbocycles. The summed E-state index contributed by atoms with van der Waals surface area (Å²) >= 11 is 0. The van der Waals surface area contributed by atoms with Gasteiger partial charge in [0.25, 0.3) is 0 Å². The van der Waals surface area contributed by atoms with E-state index in [1.807, 2.05) is 0 Å². The van der Waals surface area contributed by atoms with E-state index < -0.39 is 6.60 Å². The van der Waals surface area contributed by atoms with Crippen LogP contribution in [0.2, 0.25) is 0 Å². The van der Waals surface area contributed by atoms with E-state index in [-0.39, 0.29) is 0 Å². The Labute approximate surface area is 134 Å². The Balaban J connectivity index is 1.95. The standard InChI is InChI=1S/C20H41P/c1-7-17(8-2)15-18(9-3)16(4)14-20(19-10-11-19)21(5,6)12-13-21/h16-20H,7-15H2,1-6H3. The first-order valence-electron chi connectivity index (χ1n) is 9.82. The normalized spacial score (nSPS) is 29.4. The summed E-state index contributed by atoms with van der Waals surface area (Å²) < 4.78 is 0. The van der Waals surface area contributed by atoms with Gasteiger partial charge in [-0.1, -0.05) is 0 Å². The van der Waals surface area contributed by atoms with Gasteiger partial charge >= 0.3 is 134 Å². The first kappa shape index (κ1) is 17.8. The van der Waals surface area contributed by atoms with Crippen molar-refractivity contribution in [2.24, 2.45) is 23.7 Å². The molecule has 0 aromatic carbocycles. The van der Waals surface area contributed by atoms with E-state index in [0.29, 0.717) is 0 Å². The van der Waals surface area contributed by atoms with Gasteiger partial charge in [0.2, 0.25) is 0 Å². The first-order valence-corrected chi connectivity index (χ1v) is 13.4. The fourth-order valence-electron chi connectivity index (χ4n) is 4.77. The summed E-state index contributed by atoms with van der Waals surface area (Å²) in [5.41, 5.74) is 1.14. The van der Waals surface area contributed by atoms with E-state index in [4.69, 9.17) is 0 Å². The maximum absolute atomic E-state index is 2.73. The summed E-state index contributed by atoms with van der Waals surface area (Å²) in [5, 5.41) is 0. The zero-order chi connectivity index (χ0) is 15.7. The number of hydrogen-bond donors (Lipinski definition) is 0. The summed E-state index contributed by atoms with van der Waals surface area (Å²) in [6, 6.07) is 0. The van der Waals surface area contributed by atoms with Crippen LogP contribution >= 0.6 is 6.60 Å². The van der Waals surface area contributed by atoms with Crippen LogP contribution in [-0.2, 0) is 0 Å². The predicted molar refractivity (Wildman–Crippen MR) is 101 cm³/mol. The van der Waals surface area contributed by atoms with Crippen molar-refractivity contribution in [1.29, 1.82) is 0 Å². The molecule has 3 atom stereocenters. The van der Waals surface area contributed by atoms with Gasteiger partial charge in [0.1, 0.15) is 0 Å². The minimum absolute atomic E-state index is 0.959. The first-order chi connectivity index (χ1) is 9.82. The molecule has 1 saturated carbocycles. The molecule has 2 rings (SSSR count). The number of hydrogen-bond acceptors (Lipinski definition) is 0. The van der Waals surface area contributed by atoms with Crippen molar-refractivity contribution >= 4 is 6.60 Å². The second-order valence-electron chi connectivity index (χ2n) is 9.47. The number of rotatable bonds is 10. The molecular weight excluding hydrogens is 271 g/mol. The molecule has 21 heavy (non-hydrogen) atoms. The fourth-order valence-corrected chi connectivity index (χ4v) is 10.3. The van der Waals surface area contributed by atoms with E-state index in [1.54, 1.807) is 31.6 Å². The monoisotopic (exact) mass is 312 g/mol. The fraction of sp³-hybridized carbons (Fsp3) is 1.00. The summed E-state index contributed by atoms with van der Waals surface area (Å²) in [4.78, 5) is 0. The van der Waals surface area contributed by atoms with E-state index in [2.05, 4.69) is 41.0 Å². The third-order valence-electron chi connectivity index (χ3n) is 7.41. The SMILES string of the molecule is CCC(CC)CC(CC)C(C)CC(C1CC1)P1(C)(C)CC1. The molecule has 0 aromatic rings.